The largest absolute Gasteiger partial charge is 0.490 e. The van der Waals surface area contributed by atoms with Crippen molar-refractivity contribution in [2.24, 2.45) is 16.8 Å². The SMILES string of the molecule is CCNC(=NCc1ccccc1OC1CCC1)N1CC2C3CCC(O3)C2C1.I. The average Bonchev–Trinajstić information content (AvgIpc) is 3.35. The number of hydrogen-bond acceptors (Lipinski definition) is 3. The zero-order chi connectivity index (χ0) is 18.2. The van der Waals surface area contributed by atoms with E-state index in [9.17, 15) is 0 Å². The molecular formula is C22H32IN3O2. The molecule has 0 spiro atoms. The highest BCUT2D eigenvalue weighted by Gasteiger charge is 2.53. The summed E-state index contributed by atoms with van der Waals surface area (Å²) in [5.74, 6) is 3.44. The zero-order valence-corrected chi connectivity index (χ0v) is 19.0. The number of hydrogen-bond donors (Lipinski definition) is 1. The van der Waals surface area contributed by atoms with Gasteiger partial charge in [-0.2, -0.15) is 0 Å². The molecular weight excluding hydrogens is 465 g/mol. The molecule has 0 aromatic heterocycles. The van der Waals surface area contributed by atoms with Gasteiger partial charge in [0.05, 0.1) is 24.9 Å². The Morgan fingerprint density at radius 2 is 1.86 bits per heavy atom. The monoisotopic (exact) mass is 497 g/mol. The molecule has 0 radical (unpaired) electrons. The summed E-state index contributed by atoms with van der Waals surface area (Å²) in [4.78, 5) is 7.45. The first-order valence-electron chi connectivity index (χ1n) is 10.7. The van der Waals surface area contributed by atoms with Gasteiger partial charge < -0.3 is 19.7 Å². The molecule has 3 aliphatic heterocycles. The number of ether oxygens (including phenoxy) is 2. The van der Waals surface area contributed by atoms with E-state index in [0.717, 1.165) is 31.3 Å². The summed E-state index contributed by atoms with van der Waals surface area (Å²) in [5, 5.41) is 3.51. The van der Waals surface area contributed by atoms with E-state index in [2.05, 4.69) is 41.4 Å². The third-order valence-electron chi connectivity index (χ3n) is 6.80. The maximum Gasteiger partial charge on any atom is 0.194 e. The van der Waals surface area contributed by atoms with Gasteiger partial charge in [-0.3, -0.25) is 0 Å². The number of fused-ring (bicyclic) bond motifs is 5. The summed E-state index contributed by atoms with van der Waals surface area (Å²) in [6.45, 7) is 5.87. The lowest BCUT2D eigenvalue weighted by atomic mass is 9.82. The number of para-hydroxylation sites is 1. The van der Waals surface area contributed by atoms with Crippen LogP contribution in [0.1, 0.15) is 44.6 Å². The molecule has 0 amide bonds. The summed E-state index contributed by atoms with van der Waals surface area (Å²) in [5.41, 5.74) is 1.18. The van der Waals surface area contributed by atoms with Crippen LogP contribution in [0.2, 0.25) is 0 Å². The lowest BCUT2D eigenvalue weighted by Gasteiger charge is -2.27. The van der Waals surface area contributed by atoms with E-state index >= 15 is 0 Å². The molecule has 1 N–H and O–H groups in total. The van der Waals surface area contributed by atoms with Crippen LogP contribution < -0.4 is 10.1 Å². The minimum Gasteiger partial charge on any atom is -0.490 e. The summed E-state index contributed by atoms with van der Waals surface area (Å²) < 4.78 is 12.3. The van der Waals surface area contributed by atoms with Crippen LogP contribution in [0.5, 0.6) is 5.75 Å². The minimum atomic E-state index is 0. The molecule has 154 valence electrons. The highest BCUT2D eigenvalue weighted by atomic mass is 127. The Kier molecular flexibility index (Phi) is 6.35. The predicted molar refractivity (Wildman–Crippen MR) is 121 cm³/mol. The van der Waals surface area contributed by atoms with Gasteiger partial charge >= 0.3 is 0 Å². The molecule has 5 rings (SSSR count). The molecule has 6 heteroatoms. The average molecular weight is 497 g/mol. The highest BCUT2D eigenvalue weighted by molar-refractivity contribution is 14.0. The van der Waals surface area contributed by atoms with Crippen molar-refractivity contribution in [3.05, 3.63) is 29.8 Å². The van der Waals surface area contributed by atoms with Gasteiger partial charge in [0, 0.05) is 37.0 Å². The first kappa shape index (κ1) is 20.3. The van der Waals surface area contributed by atoms with E-state index in [4.69, 9.17) is 14.5 Å². The topological polar surface area (TPSA) is 46.1 Å². The number of nitrogens with zero attached hydrogens (tertiary/aromatic N) is 2. The van der Waals surface area contributed by atoms with Crippen LogP contribution in [0.3, 0.4) is 0 Å². The van der Waals surface area contributed by atoms with Gasteiger partial charge in [-0.1, -0.05) is 18.2 Å². The van der Waals surface area contributed by atoms with Crippen LogP contribution in [0.25, 0.3) is 0 Å². The molecule has 1 aromatic carbocycles. The van der Waals surface area contributed by atoms with Crippen molar-refractivity contribution in [3.8, 4) is 5.75 Å². The third kappa shape index (κ3) is 3.86. The van der Waals surface area contributed by atoms with Crippen LogP contribution in [0.15, 0.2) is 29.3 Å². The second-order valence-corrected chi connectivity index (χ2v) is 8.47. The molecule has 4 fully saturated rings. The van der Waals surface area contributed by atoms with E-state index in [1.807, 2.05) is 0 Å². The Morgan fingerprint density at radius 1 is 1.14 bits per heavy atom. The number of likely N-dealkylation sites (tertiary alicyclic amines) is 1. The summed E-state index contributed by atoms with van der Waals surface area (Å²) in [6, 6.07) is 8.38. The van der Waals surface area contributed by atoms with Gasteiger partial charge in [-0.15, -0.1) is 24.0 Å². The maximum absolute atomic E-state index is 6.18. The first-order chi connectivity index (χ1) is 13.3. The molecule has 5 nitrogen and oxygen atoms in total. The van der Waals surface area contributed by atoms with Crippen LogP contribution in [0.4, 0.5) is 0 Å². The van der Waals surface area contributed by atoms with E-state index in [0.29, 0.717) is 36.7 Å². The normalized spacial score (nSPS) is 31.3. The smallest absolute Gasteiger partial charge is 0.194 e. The van der Waals surface area contributed by atoms with Crippen molar-refractivity contribution >= 4 is 29.9 Å². The zero-order valence-electron chi connectivity index (χ0n) is 16.7. The van der Waals surface area contributed by atoms with Gasteiger partial charge in [-0.05, 0) is 45.1 Å². The van der Waals surface area contributed by atoms with Crippen molar-refractivity contribution in [1.82, 2.24) is 10.2 Å². The van der Waals surface area contributed by atoms with Crippen LogP contribution in [-0.2, 0) is 11.3 Å². The fourth-order valence-electron chi connectivity index (χ4n) is 5.14. The molecule has 3 heterocycles. The van der Waals surface area contributed by atoms with Crippen molar-refractivity contribution in [1.29, 1.82) is 0 Å². The lowest BCUT2D eigenvalue weighted by molar-refractivity contribution is 0.0767. The van der Waals surface area contributed by atoms with Crippen LogP contribution in [0, 0.1) is 11.8 Å². The third-order valence-corrected chi connectivity index (χ3v) is 6.80. The molecule has 28 heavy (non-hydrogen) atoms. The quantitative estimate of drug-likeness (QED) is 0.382. The van der Waals surface area contributed by atoms with Crippen LogP contribution in [-0.4, -0.2) is 48.8 Å². The molecule has 3 saturated heterocycles. The Balaban J connectivity index is 0.00000192. The number of rotatable bonds is 5. The fourth-order valence-corrected chi connectivity index (χ4v) is 5.14. The van der Waals surface area contributed by atoms with E-state index < -0.39 is 0 Å². The van der Waals surface area contributed by atoms with E-state index in [1.54, 1.807) is 0 Å². The van der Waals surface area contributed by atoms with Gasteiger partial charge in [0.2, 0.25) is 0 Å². The molecule has 1 aliphatic carbocycles. The standard InChI is InChI=1S/C22H31N3O2.HI/c1-2-23-22(25-13-17-18(14-25)21-11-10-20(17)27-21)24-12-15-6-3-4-9-19(15)26-16-7-5-8-16;/h3-4,6,9,16-18,20-21H,2,5,7-8,10-14H2,1H3,(H,23,24);1H. The number of nitrogens with one attached hydrogen (secondary N) is 1. The Morgan fingerprint density at radius 3 is 2.50 bits per heavy atom. The number of halogens is 1. The number of guanidine groups is 1. The predicted octanol–water partition coefficient (Wildman–Crippen LogP) is 3.81. The fraction of sp³-hybridized carbons (Fsp3) is 0.682. The van der Waals surface area contributed by atoms with Crippen molar-refractivity contribution in [2.75, 3.05) is 19.6 Å². The van der Waals surface area contributed by atoms with Gasteiger partial charge in [0.25, 0.3) is 0 Å². The van der Waals surface area contributed by atoms with E-state index in [1.165, 1.54) is 37.7 Å². The molecule has 2 bridgehead atoms. The van der Waals surface area contributed by atoms with Crippen molar-refractivity contribution in [2.45, 2.75) is 63.9 Å². The Hall–Kier alpha value is -1.02. The lowest BCUT2D eigenvalue weighted by Crippen LogP contribution is -2.41. The maximum atomic E-state index is 6.18. The Bertz CT molecular complexity index is 691. The molecule has 4 aliphatic rings. The summed E-state index contributed by atoms with van der Waals surface area (Å²) >= 11 is 0. The number of aliphatic imine (C=N–C) groups is 1. The highest BCUT2D eigenvalue weighted by Crippen LogP contribution is 2.47. The molecule has 1 saturated carbocycles. The van der Waals surface area contributed by atoms with Gasteiger partial charge in [0.15, 0.2) is 5.96 Å². The van der Waals surface area contributed by atoms with E-state index in [-0.39, 0.29) is 24.0 Å². The Labute approximate surface area is 185 Å². The van der Waals surface area contributed by atoms with Gasteiger partial charge in [-0.25, -0.2) is 4.99 Å². The van der Waals surface area contributed by atoms with Crippen LogP contribution >= 0.6 is 24.0 Å². The molecule has 4 atom stereocenters. The molecule has 1 aromatic rings. The molecule has 4 unspecified atom stereocenters. The second-order valence-electron chi connectivity index (χ2n) is 8.47. The second kappa shape index (κ2) is 8.78. The summed E-state index contributed by atoms with van der Waals surface area (Å²) in [6.07, 6.45) is 7.53. The number of benzene rings is 1. The summed E-state index contributed by atoms with van der Waals surface area (Å²) in [7, 11) is 0. The first-order valence-corrected chi connectivity index (χ1v) is 10.7. The minimum absolute atomic E-state index is 0. The van der Waals surface area contributed by atoms with Crippen molar-refractivity contribution in [3.63, 3.8) is 0 Å². The van der Waals surface area contributed by atoms with Gasteiger partial charge in [0.1, 0.15) is 5.75 Å². The van der Waals surface area contributed by atoms with Crippen molar-refractivity contribution < 1.29 is 9.47 Å².